The highest BCUT2D eigenvalue weighted by atomic mass is 32.1. The Labute approximate surface area is 117 Å². The van der Waals surface area contributed by atoms with Crippen molar-refractivity contribution in [3.8, 4) is 0 Å². The molecule has 19 heavy (non-hydrogen) atoms. The van der Waals surface area contributed by atoms with Gasteiger partial charge in [0.2, 0.25) is 0 Å². The predicted octanol–water partition coefficient (Wildman–Crippen LogP) is 3.21. The van der Waals surface area contributed by atoms with E-state index in [0.717, 1.165) is 29.2 Å². The molecule has 2 N–H and O–H groups in total. The normalized spacial score (nSPS) is 15.3. The Morgan fingerprint density at radius 1 is 1.32 bits per heavy atom. The highest BCUT2D eigenvalue weighted by molar-refractivity contribution is 7.18. The van der Waals surface area contributed by atoms with Gasteiger partial charge in [0.15, 0.2) is 5.82 Å². The summed E-state index contributed by atoms with van der Waals surface area (Å²) in [6.45, 7) is 5.42. The number of hydrogen-bond acceptors (Lipinski definition) is 5. The van der Waals surface area contributed by atoms with Crippen LogP contribution >= 0.6 is 11.3 Å². The Morgan fingerprint density at radius 3 is 2.84 bits per heavy atom. The van der Waals surface area contributed by atoms with Gasteiger partial charge in [0.1, 0.15) is 17.3 Å². The van der Waals surface area contributed by atoms with E-state index >= 15 is 0 Å². The van der Waals surface area contributed by atoms with Crippen LogP contribution in [0.15, 0.2) is 0 Å². The minimum absolute atomic E-state index is 0.461. The Balaban J connectivity index is 1.72. The molecular formula is C14H19N3OS. The van der Waals surface area contributed by atoms with E-state index in [1.807, 2.05) is 0 Å². The van der Waals surface area contributed by atoms with Gasteiger partial charge in [-0.1, -0.05) is 12.8 Å². The van der Waals surface area contributed by atoms with Gasteiger partial charge in [-0.3, -0.25) is 0 Å². The van der Waals surface area contributed by atoms with Crippen molar-refractivity contribution >= 4 is 27.4 Å². The third-order valence-corrected chi connectivity index (χ3v) is 4.80. The molecule has 0 radical (unpaired) electrons. The van der Waals surface area contributed by atoms with Gasteiger partial charge < -0.3 is 10.5 Å². The van der Waals surface area contributed by atoms with E-state index in [1.165, 1.54) is 23.3 Å². The van der Waals surface area contributed by atoms with Crippen LogP contribution in [-0.4, -0.2) is 16.6 Å². The molecule has 1 saturated carbocycles. The van der Waals surface area contributed by atoms with Gasteiger partial charge in [0.25, 0.3) is 0 Å². The van der Waals surface area contributed by atoms with E-state index in [1.54, 1.807) is 11.3 Å². The van der Waals surface area contributed by atoms with E-state index in [-0.39, 0.29) is 0 Å². The van der Waals surface area contributed by atoms with Crippen molar-refractivity contribution in [2.24, 2.45) is 5.92 Å². The minimum Gasteiger partial charge on any atom is -0.383 e. The molecule has 0 spiro atoms. The monoisotopic (exact) mass is 277 g/mol. The van der Waals surface area contributed by atoms with Gasteiger partial charge in [-0.25, -0.2) is 9.97 Å². The lowest BCUT2D eigenvalue weighted by Crippen LogP contribution is -2.04. The first-order valence-corrected chi connectivity index (χ1v) is 7.56. The fraction of sp³-hybridized carbons (Fsp3) is 0.571. The van der Waals surface area contributed by atoms with E-state index in [0.29, 0.717) is 18.2 Å². The van der Waals surface area contributed by atoms with Crippen molar-refractivity contribution in [2.45, 2.75) is 39.7 Å². The van der Waals surface area contributed by atoms with Gasteiger partial charge in [0, 0.05) is 11.5 Å². The Kier molecular flexibility index (Phi) is 3.41. The third-order valence-electron chi connectivity index (χ3n) is 3.70. The number of nitrogens with zero attached hydrogens (tertiary/aromatic N) is 2. The van der Waals surface area contributed by atoms with Crippen LogP contribution in [0.3, 0.4) is 0 Å². The number of rotatable bonds is 5. The number of hydrogen-bond donors (Lipinski definition) is 1. The first-order chi connectivity index (χ1) is 9.15. The Hall–Kier alpha value is -1.20. The third kappa shape index (κ3) is 2.72. The molecule has 0 bridgehead atoms. The van der Waals surface area contributed by atoms with Crippen molar-refractivity contribution in [2.75, 3.05) is 12.3 Å². The van der Waals surface area contributed by atoms with Crippen LogP contribution in [-0.2, 0) is 11.3 Å². The molecule has 1 aliphatic rings. The topological polar surface area (TPSA) is 61.0 Å². The summed E-state index contributed by atoms with van der Waals surface area (Å²) in [5.74, 6) is 2.17. The van der Waals surface area contributed by atoms with Gasteiger partial charge in [0.05, 0.1) is 5.39 Å². The van der Waals surface area contributed by atoms with Crippen molar-refractivity contribution in [1.29, 1.82) is 0 Å². The first-order valence-electron chi connectivity index (χ1n) is 6.75. The second-order valence-electron chi connectivity index (χ2n) is 5.27. The van der Waals surface area contributed by atoms with Crippen LogP contribution in [0, 0.1) is 19.8 Å². The number of fused-ring (bicyclic) bond motifs is 1. The SMILES string of the molecule is Cc1sc2nc(COCCC3CC3)nc(N)c2c1C. The van der Waals surface area contributed by atoms with Crippen LogP contribution in [0.25, 0.3) is 10.2 Å². The number of ether oxygens (including phenoxy) is 1. The molecule has 0 saturated heterocycles. The number of nitrogens with two attached hydrogens (primary N) is 1. The molecule has 0 unspecified atom stereocenters. The summed E-state index contributed by atoms with van der Waals surface area (Å²) < 4.78 is 5.64. The van der Waals surface area contributed by atoms with Gasteiger partial charge in [-0.15, -0.1) is 11.3 Å². The molecule has 1 fully saturated rings. The van der Waals surface area contributed by atoms with Crippen LogP contribution in [0.1, 0.15) is 35.5 Å². The molecule has 4 nitrogen and oxygen atoms in total. The van der Waals surface area contributed by atoms with Crippen molar-refractivity contribution in [1.82, 2.24) is 9.97 Å². The highest BCUT2D eigenvalue weighted by Gasteiger charge is 2.20. The van der Waals surface area contributed by atoms with Gasteiger partial charge in [-0.2, -0.15) is 0 Å². The smallest absolute Gasteiger partial charge is 0.158 e. The molecule has 0 aromatic carbocycles. The molecule has 0 aliphatic heterocycles. The summed E-state index contributed by atoms with van der Waals surface area (Å²) in [5.41, 5.74) is 7.23. The average Bonchev–Trinajstić information content (AvgIpc) is 3.13. The molecular weight excluding hydrogens is 258 g/mol. The second kappa shape index (κ2) is 5.06. The van der Waals surface area contributed by atoms with Gasteiger partial charge >= 0.3 is 0 Å². The number of aryl methyl sites for hydroxylation is 2. The van der Waals surface area contributed by atoms with Crippen LogP contribution in [0.5, 0.6) is 0 Å². The molecule has 0 amide bonds. The summed E-state index contributed by atoms with van der Waals surface area (Å²) in [7, 11) is 0. The molecule has 3 rings (SSSR count). The average molecular weight is 277 g/mol. The molecule has 0 atom stereocenters. The van der Waals surface area contributed by atoms with E-state index in [2.05, 4.69) is 23.8 Å². The number of aromatic nitrogens is 2. The van der Waals surface area contributed by atoms with Crippen LogP contribution in [0.4, 0.5) is 5.82 Å². The lowest BCUT2D eigenvalue weighted by molar-refractivity contribution is 0.110. The number of anilines is 1. The van der Waals surface area contributed by atoms with E-state index < -0.39 is 0 Å². The molecule has 2 aromatic heterocycles. The lowest BCUT2D eigenvalue weighted by atomic mass is 10.2. The van der Waals surface area contributed by atoms with Crippen LogP contribution < -0.4 is 5.73 Å². The number of nitrogen functional groups attached to an aromatic ring is 1. The molecule has 102 valence electrons. The summed E-state index contributed by atoms with van der Waals surface area (Å²) in [6.07, 6.45) is 3.90. The molecule has 1 aliphatic carbocycles. The quantitative estimate of drug-likeness (QED) is 0.852. The zero-order chi connectivity index (χ0) is 13.4. The molecule has 2 heterocycles. The maximum atomic E-state index is 6.03. The summed E-state index contributed by atoms with van der Waals surface area (Å²) in [5, 5.41) is 1.00. The Morgan fingerprint density at radius 2 is 2.11 bits per heavy atom. The van der Waals surface area contributed by atoms with Crippen molar-refractivity contribution < 1.29 is 4.74 Å². The summed E-state index contributed by atoms with van der Waals surface area (Å²) in [6, 6.07) is 0. The van der Waals surface area contributed by atoms with Crippen molar-refractivity contribution in [3.05, 3.63) is 16.3 Å². The molecule has 5 heteroatoms. The van der Waals surface area contributed by atoms with Crippen molar-refractivity contribution in [3.63, 3.8) is 0 Å². The predicted molar refractivity (Wildman–Crippen MR) is 78.3 cm³/mol. The number of thiophene rings is 1. The summed E-state index contributed by atoms with van der Waals surface area (Å²) >= 11 is 1.67. The highest BCUT2D eigenvalue weighted by Crippen LogP contribution is 2.33. The lowest BCUT2D eigenvalue weighted by Gasteiger charge is -2.04. The van der Waals surface area contributed by atoms with E-state index in [4.69, 9.17) is 10.5 Å². The largest absolute Gasteiger partial charge is 0.383 e. The standard InChI is InChI=1S/C14H19N3OS/c1-8-9(2)19-14-12(8)13(15)16-11(17-14)7-18-6-5-10-3-4-10/h10H,3-7H2,1-2H3,(H2,15,16,17). The van der Waals surface area contributed by atoms with E-state index in [9.17, 15) is 0 Å². The Bertz CT molecular complexity index is 604. The maximum absolute atomic E-state index is 6.03. The maximum Gasteiger partial charge on any atom is 0.158 e. The molecule has 2 aromatic rings. The first kappa shape index (κ1) is 12.8. The minimum atomic E-state index is 0.461. The van der Waals surface area contributed by atoms with Gasteiger partial charge in [-0.05, 0) is 31.7 Å². The zero-order valence-electron chi connectivity index (χ0n) is 11.4. The fourth-order valence-electron chi connectivity index (χ4n) is 2.21. The summed E-state index contributed by atoms with van der Waals surface area (Å²) in [4.78, 5) is 11.1. The van der Waals surface area contributed by atoms with Crippen LogP contribution in [0.2, 0.25) is 0 Å². The second-order valence-corrected chi connectivity index (χ2v) is 6.48. The zero-order valence-corrected chi connectivity index (χ0v) is 12.2. The fourth-order valence-corrected chi connectivity index (χ4v) is 3.27.